The molecule has 0 unspecified atom stereocenters. The van der Waals surface area contributed by atoms with Crippen molar-refractivity contribution in [1.82, 2.24) is 0 Å². The Bertz CT molecular complexity index is 988. The summed E-state index contributed by atoms with van der Waals surface area (Å²) < 4.78 is 10.1. The number of nitrogens with zero attached hydrogens (tertiary/aromatic N) is 2. The molecule has 0 aliphatic carbocycles. The minimum Gasteiger partial charge on any atom is -0.495 e. The van der Waals surface area contributed by atoms with Gasteiger partial charge in [-0.15, -0.1) is 0 Å². The number of carbonyl (C=O) groups excluding carboxylic acids is 3. The SMILES string of the molecule is COc1ccc([N+](=O)[O-])cc1NC(=O)COC(=O)c1ccc(N2CCCC2=O)cc1. The van der Waals surface area contributed by atoms with Gasteiger partial charge in [-0.05, 0) is 36.8 Å². The maximum absolute atomic E-state index is 12.2. The first-order valence-electron chi connectivity index (χ1n) is 9.09. The van der Waals surface area contributed by atoms with Gasteiger partial charge in [0.05, 0.1) is 23.3 Å². The Balaban J connectivity index is 1.58. The van der Waals surface area contributed by atoms with Gasteiger partial charge in [-0.2, -0.15) is 0 Å². The molecule has 0 atom stereocenters. The number of nitrogens with one attached hydrogen (secondary N) is 1. The lowest BCUT2D eigenvalue weighted by atomic mass is 10.2. The van der Waals surface area contributed by atoms with Crippen molar-refractivity contribution >= 4 is 34.8 Å². The van der Waals surface area contributed by atoms with Gasteiger partial charge in [-0.1, -0.05) is 0 Å². The molecular formula is C20H19N3O7. The van der Waals surface area contributed by atoms with Gasteiger partial charge >= 0.3 is 5.97 Å². The van der Waals surface area contributed by atoms with Crippen molar-refractivity contribution in [3.8, 4) is 5.75 Å². The lowest BCUT2D eigenvalue weighted by Gasteiger charge is -2.15. The molecule has 1 aliphatic heterocycles. The molecule has 3 rings (SSSR count). The maximum Gasteiger partial charge on any atom is 0.338 e. The number of esters is 1. The largest absolute Gasteiger partial charge is 0.495 e. The van der Waals surface area contributed by atoms with Crippen molar-refractivity contribution in [3.05, 3.63) is 58.1 Å². The van der Waals surface area contributed by atoms with Crippen LogP contribution in [0.4, 0.5) is 17.1 Å². The number of hydrogen-bond donors (Lipinski definition) is 1. The number of nitro groups is 1. The number of anilines is 2. The van der Waals surface area contributed by atoms with Gasteiger partial charge in [0.2, 0.25) is 5.91 Å². The van der Waals surface area contributed by atoms with Crippen LogP contribution in [0.25, 0.3) is 0 Å². The van der Waals surface area contributed by atoms with Crippen molar-refractivity contribution in [2.45, 2.75) is 12.8 Å². The van der Waals surface area contributed by atoms with E-state index in [1.54, 1.807) is 17.0 Å². The summed E-state index contributed by atoms with van der Waals surface area (Å²) in [6.07, 6.45) is 1.31. The number of nitro benzene ring substituents is 1. The van der Waals surface area contributed by atoms with E-state index in [0.29, 0.717) is 18.7 Å². The highest BCUT2D eigenvalue weighted by molar-refractivity contribution is 5.98. The summed E-state index contributed by atoms with van der Waals surface area (Å²) in [6, 6.07) is 10.1. The Morgan fingerprint density at radius 1 is 1.20 bits per heavy atom. The zero-order valence-electron chi connectivity index (χ0n) is 16.1. The van der Waals surface area contributed by atoms with E-state index in [2.05, 4.69) is 5.32 Å². The monoisotopic (exact) mass is 413 g/mol. The Hall–Kier alpha value is -3.95. The third-order valence-electron chi connectivity index (χ3n) is 4.49. The van der Waals surface area contributed by atoms with E-state index >= 15 is 0 Å². The molecule has 0 bridgehead atoms. The van der Waals surface area contributed by atoms with Crippen LogP contribution in [0.2, 0.25) is 0 Å². The quantitative estimate of drug-likeness (QED) is 0.420. The number of ether oxygens (including phenoxy) is 2. The van der Waals surface area contributed by atoms with Crippen LogP contribution in [0.5, 0.6) is 5.75 Å². The highest BCUT2D eigenvalue weighted by Crippen LogP contribution is 2.28. The Morgan fingerprint density at radius 3 is 2.53 bits per heavy atom. The molecule has 10 heteroatoms. The molecule has 2 amide bonds. The third-order valence-corrected chi connectivity index (χ3v) is 4.49. The molecule has 1 aliphatic rings. The predicted molar refractivity (Wildman–Crippen MR) is 107 cm³/mol. The van der Waals surface area contributed by atoms with Gasteiger partial charge < -0.3 is 19.7 Å². The summed E-state index contributed by atoms with van der Waals surface area (Å²) in [5.41, 5.74) is 0.794. The fourth-order valence-corrected chi connectivity index (χ4v) is 3.01. The van der Waals surface area contributed by atoms with E-state index in [0.717, 1.165) is 12.5 Å². The number of benzene rings is 2. The maximum atomic E-state index is 12.2. The van der Waals surface area contributed by atoms with E-state index in [-0.39, 0.29) is 28.6 Å². The summed E-state index contributed by atoms with van der Waals surface area (Å²) >= 11 is 0. The average Bonchev–Trinajstić information content (AvgIpc) is 3.17. The second kappa shape index (κ2) is 9.03. The van der Waals surface area contributed by atoms with Gasteiger partial charge in [0.1, 0.15) is 5.75 Å². The van der Waals surface area contributed by atoms with Crippen molar-refractivity contribution in [3.63, 3.8) is 0 Å². The number of amides is 2. The van der Waals surface area contributed by atoms with Crippen LogP contribution in [0, 0.1) is 10.1 Å². The second-order valence-corrected chi connectivity index (χ2v) is 6.46. The standard InChI is InChI=1S/C20H19N3O7/c1-29-17-9-8-15(23(27)28)11-16(17)21-18(24)12-30-20(26)13-4-6-14(7-5-13)22-10-2-3-19(22)25/h4-9,11H,2-3,10,12H2,1H3,(H,21,24). The number of hydrogen-bond acceptors (Lipinski definition) is 7. The molecule has 156 valence electrons. The van der Waals surface area contributed by atoms with E-state index < -0.39 is 23.4 Å². The molecule has 0 radical (unpaired) electrons. The molecular weight excluding hydrogens is 394 g/mol. The topological polar surface area (TPSA) is 128 Å². The molecule has 2 aromatic rings. The molecule has 30 heavy (non-hydrogen) atoms. The van der Waals surface area contributed by atoms with Crippen molar-refractivity contribution in [2.24, 2.45) is 0 Å². The number of methoxy groups -OCH3 is 1. The van der Waals surface area contributed by atoms with Crippen LogP contribution < -0.4 is 15.0 Å². The molecule has 0 aromatic heterocycles. The fraction of sp³-hybridized carbons (Fsp3) is 0.250. The minimum atomic E-state index is -0.713. The minimum absolute atomic E-state index is 0.0403. The van der Waals surface area contributed by atoms with Crippen molar-refractivity contribution < 1.29 is 28.8 Å². The highest BCUT2D eigenvalue weighted by atomic mass is 16.6. The number of carbonyl (C=O) groups is 3. The Morgan fingerprint density at radius 2 is 1.93 bits per heavy atom. The molecule has 10 nitrogen and oxygen atoms in total. The van der Waals surface area contributed by atoms with E-state index in [4.69, 9.17) is 9.47 Å². The van der Waals surface area contributed by atoms with E-state index in [9.17, 15) is 24.5 Å². The lowest BCUT2D eigenvalue weighted by Crippen LogP contribution is -2.23. The van der Waals surface area contributed by atoms with Crippen molar-refractivity contribution in [1.29, 1.82) is 0 Å². The zero-order valence-corrected chi connectivity index (χ0v) is 16.1. The smallest absolute Gasteiger partial charge is 0.338 e. The lowest BCUT2D eigenvalue weighted by molar-refractivity contribution is -0.384. The molecule has 0 spiro atoms. The summed E-state index contributed by atoms with van der Waals surface area (Å²) in [5.74, 6) is -1.12. The molecule has 0 saturated carbocycles. The van der Waals surface area contributed by atoms with E-state index in [1.807, 2.05) is 0 Å². The Kier molecular flexibility index (Phi) is 6.26. The summed E-state index contributed by atoms with van der Waals surface area (Å²) in [5, 5.41) is 13.3. The fourth-order valence-electron chi connectivity index (χ4n) is 3.01. The van der Waals surface area contributed by atoms with Crippen LogP contribution >= 0.6 is 0 Å². The predicted octanol–water partition coefficient (Wildman–Crippen LogP) is 2.53. The van der Waals surface area contributed by atoms with Crippen molar-refractivity contribution in [2.75, 3.05) is 30.5 Å². The molecule has 1 N–H and O–H groups in total. The van der Waals surface area contributed by atoms with E-state index in [1.165, 1.54) is 31.4 Å². The van der Waals surface area contributed by atoms with Gasteiger partial charge in [0.25, 0.3) is 11.6 Å². The summed E-state index contributed by atoms with van der Waals surface area (Å²) in [4.78, 5) is 48.0. The number of rotatable bonds is 7. The third kappa shape index (κ3) is 4.72. The first-order valence-corrected chi connectivity index (χ1v) is 9.09. The number of non-ortho nitro benzene ring substituents is 1. The van der Waals surface area contributed by atoms with Gasteiger partial charge in [-0.25, -0.2) is 4.79 Å². The van der Waals surface area contributed by atoms with Crippen LogP contribution in [-0.2, 0) is 14.3 Å². The first kappa shape index (κ1) is 20.8. The molecule has 2 aromatic carbocycles. The summed E-state index contributed by atoms with van der Waals surface area (Å²) in [7, 11) is 1.36. The highest BCUT2D eigenvalue weighted by Gasteiger charge is 2.22. The Labute approximate surface area is 171 Å². The normalized spacial score (nSPS) is 13.1. The van der Waals surface area contributed by atoms with Gasteiger partial charge in [0.15, 0.2) is 6.61 Å². The first-order chi connectivity index (χ1) is 14.4. The second-order valence-electron chi connectivity index (χ2n) is 6.46. The molecule has 1 fully saturated rings. The van der Waals surface area contributed by atoms with Gasteiger partial charge in [0, 0.05) is 30.8 Å². The summed E-state index contributed by atoms with van der Waals surface area (Å²) in [6.45, 7) is 0.0565. The molecule has 1 heterocycles. The molecule has 1 saturated heterocycles. The van der Waals surface area contributed by atoms with Gasteiger partial charge in [-0.3, -0.25) is 19.7 Å². The average molecular weight is 413 g/mol. The van der Waals surface area contributed by atoms with Crippen LogP contribution in [0.3, 0.4) is 0 Å². The zero-order chi connectivity index (χ0) is 21.7. The van der Waals surface area contributed by atoms with Crippen LogP contribution in [-0.4, -0.2) is 43.0 Å². The van der Waals surface area contributed by atoms with Crippen LogP contribution in [0.15, 0.2) is 42.5 Å². The van der Waals surface area contributed by atoms with Crippen LogP contribution in [0.1, 0.15) is 23.2 Å².